The summed E-state index contributed by atoms with van der Waals surface area (Å²) in [5.74, 6) is 0.932. The molecule has 1 aromatic carbocycles. The van der Waals surface area contributed by atoms with Crippen LogP contribution < -0.4 is 10.1 Å². The zero-order valence-electron chi connectivity index (χ0n) is 10.2. The van der Waals surface area contributed by atoms with Crippen LogP contribution >= 0.6 is 12.2 Å². The second kappa shape index (κ2) is 5.43. The summed E-state index contributed by atoms with van der Waals surface area (Å²) >= 11 is 5.52. The Morgan fingerprint density at radius 3 is 2.88 bits per heavy atom. The van der Waals surface area contributed by atoms with Crippen LogP contribution in [-0.2, 0) is 0 Å². The molecule has 0 fully saturated rings. The van der Waals surface area contributed by atoms with Crippen LogP contribution in [0.2, 0.25) is 0 Å². The van der Waals surface area contributed by atoms with Gasteiger partial charge in [-0.1, -0.05) is 43.4 Å². The van der Waals surface area contributed by atoms with E-state index in [4.69, 9.17) is 17.0 Å². The number of likely N-dealkylation sites (N-methyl/N-ethyl adjacent to an activating group) is 1. The number of benzene rings is 1. The van der Waals surface area contributed by atoms with Gasteiger partial charge in [-0.05, 0) is 25.1 Å². The zero-order chi connectivity index (χ0) is 12.3. The van der Waals surface area contributed by atoms with E-state index in [0.717, 1.165) is 34.7 Å². The Morgan fingerprint density at radius 2 is 2.18 bits per heavy atom. The maximum Gasteiger partial charge on any atom is 0.147 e. The van der Waals surface area contributed by atoms with Gasteiger partial charge in [0.15, 0.2) is 0 Å². The molecule has 1 heterocycles. The molecule has 2 rings (SSSR count). The highest BCUT2D eigenvalue weighted by Crippen LogP contribution is 2.34. The largest absolute Gasteiger partial charge is 0.483 e. The van der Waals surface area contributed by atoms with Crippen LogP contribution in [0.3, 0.4) is 0 Å². The maximum absolute atomic E-state index is 5.92. The average Bonchev–Trinajstić information content (AvgIpc) is 2.35. The summed E-state index contributed by atoms with van der Waals surface area (Å²) in [6.07, 6.45) is 3.13. The summed E-state index contributed by atoms with van der Waals surface area (Å²) in [6.45, 7) is 2.87. The first kappa shape index (κ1) is 12.3. The summed E-state index contributed by atoms with van der Waals surface area (Å²) in [6, 6.07) is 8.09. The molecule has 0 saturated heterocycles. The van der Waals surface area contributed by atoms with Crippen molar-refractivity contribution in [2.45, 2.75) is 19.4 Å². The second-order valence-corrected chi connectivity index (χ2v) is 4.49. The van der Waals surface area contributed by atoms with Gasteiger partial charge in [0.05, 0.1) is 4.86 Å². The lowest BCUT2D eigenvalue weighted by molar-refractivity contribution is 0.264. The molecule has 1 aliphatic heterocycles. The Bertz CT molecular complexity index is 453. The van der Waals surface area contributed by atoms with Crippen LogP contribution in [0, 0.1) is 0 Å². The van der Waals surface area contributed by atoms with Crippen molar-refractivity contribution >= 4 is 22.7 Å². The van der Waals surface area contributed by atoms with Crippen molar-refractivity contribution in [2.75, 3.05) is 13.6 Å². The minimum absolute atomic E-state index is 0.0392. The molecule has 1 aromatic rings. The van der Waals surface area contributed by atoms with Crippen molar-refractivity contribution < 1.29 is 4.74 Å². The normalized spacial score (nSPS) is 21.2. The molecule has 0 aliphatic carbocycles. The van der Waals surface area contributed by atoms with Gasteiger partial charge < -0.3 is 10.1 Å². The van der Waals surface area contributed by atoms with Gasteiger partial charge in [0.2, 0.25) is 0 Å². The van der Waals surface area contributed by atoms with Crippen LogP contribution in [0.25, 0.3) is 5.57 Å². The summed E-state index contributed by atoms with van der Waals surface area (Å²) in [7, 11) is 1.91. The summed E-state index contributed by atoms with van der Waals surface area (Å²) in [5, 5.41) is 3.12. The van der Waals surface area contributed by atoms with Gasteiger partial charge in [-0.15, -0.1) is 0 Å². The fraction of sp³-hybridized carbons (Fsp3) is 0.357. The molecule has 0 bridgehead atoms. The summed E-state index contributed by atoms with van der Waals surface area (Å²) < 4.78 is 5.92. The van der Waals surface area contributed by atoms with Gasteiger partial charge in [-0.3, -0.25) is 0 Å². The van der Waals surface area contributed by atoms with Crippen LogP contribution in [0.1, 0.15) is 18.9 Å². The molecule has 90 valence electrons. The first-order valence-electron chi connectivity index (χ1n) is 5.93. The quantitative estimate of drug-likeness (QED) is 0.655. The van der Waals surface area contributed by atoms with Crippen molar-refractivity contribution in [1.82, 2.24) is 5.32 Å². The van der Waals surface area contributed by atoms with Crippen molar-refractivity contribution in [3.63, 3.8) is 0 Å². The van der Waals surface area contributed by atoms with E-state index in [9.17, 15) is 0 Å². The molecule has 0 spiro atoms. The second-order valence-electron chi connectivity index (χ2n) is 4.05. The first-order chi connectivity index (χ1) is 8.27. The van der Waals surface area contributed by atoms with E-state index in [1.165, 1.54) is 0 Å². The first-order valence-corrected chi connectivity index (χ1v) is 6.33. The van der Waals surface area contributed by atoms with Gasteiger partial charge in [0, 0.05) is 12.1 Å². The molecule has 1 unspecified atom stereocenters. The van der Waals surface area contributed by atoms with Crippen LogP contribution in [-0.4, -0.2) is 24.6 Å². The molecular formula is C14H17NOS. The summed E-state index contributed by atoms with van der Waals surface area (Å²) in [5.41, 5.74) is 2.27. The van der Waals surface area contributed by atoms with Gasteiger partial charge in [0.1, 0.15) is 11.9 Å². The number of hydrogen-bond acceptors (Lipinski definition) is 3. The number of ether oxygens (including phenoxy) is 1. The van der Waals surface area contributed by atoms with Gasteiger partial charge in [-0.2, -0.15) is 0 Å². The predicted molar refractivity (Wildman–Crippen MR) is 75.7 cm³/mol. The molecule has 1 aliphatic rings. The highest BCUT2D eigenvalue weighted by molar-refractivity contribution is 7.81. The molecule has 0 aromatic heterocycles. The van der Waals surface area contributed by atoms with Crippen molar-refractivity contribution in [1.29, 1.82) is 0 Å². The molecule has 17 heavy (non-hydrogen) atoms. The highest BCUT2D eigenvalue weighted by atomic mass is 32.1. The lowest BCUT2D eigenvalue weighted by Crippen LogP contribution is -2.38. The van der Waals surface area contributed by atoms with Gasteiger partial charge >= 0.3 is 0 Å². The third-order valence-electron chi connectivity index (χ3n) is 2.80. The van der Waals surface area contributed by atoms with Crippen molar-refractivity contribution in [3.05, 3.63) is 35.9 Å². The fourth-order valence-electron chi connectivity index (χ4n) is 2.04. The molecule has 0 saturated carbocycles. The third-order valence-corrected chi connectivity index (χ3v) is 3.28. The number of allylic oxidation sites excluding steroid dienone is 1. The molecule has 2 nitrogen and oxygen atoms in total. The van der Waals surface area contributed by atoms with E-state index < -0.39 is 0 Å². The lowest BCUT2D eigenvalue weighted by Gasteiger charge is -2.29. The third kappa shape index (κ3) is 2.40. The Morgan fingerprint density at radius 1 is 1.41 bits per heavy atom. The number of para-hydroxylation sites is 1. The average molecular weight is 247 g/mol. The van der Waals surface area contributed by atoms with Crippen LogP contribution in [0.4, 0.5) is 0 Å². The number of thiocarbonyl (C=S) groups is 1. The zero-order valence-corrected chi connectivity index (χ0v) is 11.0. The van der Waals surface area contributed by atoms with E-state index in [1.54, 1.807) is 0 Å². The van der Waals surface area contributed by atoms with Crippen LogP contribution in [0.5, 0.6) is 5.75 Å². The van der Waals surface area contributed by atoms with E-state index in [2.05, 4.69) is 24.4 Å². The van der Waals surface area contributed by atoms with Gasteiger partial charge in [0.25, 0.3) is 0 Å². The molecule has 1 atom stereocenters. The number of rotatable bonds is 3. The minimum atomic E-state index is -0.0392. The monoisotopic (exact) mass is 247 g/mol. The van der Waals surface area contributed by atoms with E-state index in [0.29, 0.717) is 0 Å². The Balaban J connectivity index is 2.43. The topological polar surface area (TPSA) is 21.3 Å². The van der Waals surface area contributed by atoms with Crippen molar-refractivity contribution in [3.8, 4) is 5.75 Å². The number of hydrogen-bond donors (Lipinski definition) is 1. The van der Waals surface area contributed by atoms with E-state index >= 15 is 0 Å². The lowest BCUT2D eigenvalue weighted by atomic mass is 9.94. The number of nitrogens with one attached hydrogen (secondary N) is 1. The molecule has 0 radical (unpaired) electrons. The highest BCUT2D eigenvalue weighted by Gasteiger charge is 2.27. The summed E-state index contributed by atoms with van der Waals surface area (Å²) in [4.78, 5) is 0.903. The molecule has 0 amide bonds. The molecule has 1 N–H and O–H groups in total. The molecular weight excluding hydrogens is 230 g/mol. The Hall–Kier alpha value is -1.19. The number of fused-ring (bicyclic) bond motifs is 1. The van der Waals surface area contributed by atoms with Crippen LogP contribution in [0.15, 0.2) is 30.3 Å². The van der Waals surface area contributed by atoms with E-state index in [-0.39, 0.29) is 6.10 Å². The fourth-order valence-corrected chi connectivity index (χ4v) is 2.36. The predicted octanol–water partition coefficient (Wildman–Crippen LogP) is 2.83. The minimum Gasteiger partial charge on any atom is -0.483 e. The van der Waals surface area contributed by atoms with E-state index in [1.807, 2.05) is 25.2 Å². The SMILES string of the molecule is CC/C=C1\C(=S)C(CNC)Oc2ccccc21. The Kier molecular flexibility index (Phi) is 3.92. The Labute approximate surface area is 108 Å². The maximum atomic E-state index is 5.92. The van der Waals surface area contributed by atoms with Gasteiger partial charge in [-0.25, -0.2) is 0 Å². The van der Waals surface area contributed by atoms with Crippen molar-refractivity contribution in [2.24, 2.45) is 0 Å². The standard InChI is InChI=1S/C14H17NOS/c1-3-6-11-10-7-4-5-8-12(10)16-13(9-15-2)14(11)17/h4-8,13,15H,3,9H2,1-2H3/b11-6-. The smallest absolute Gasteiger partial charge is 0.147 e. The molecule has 3 heteroatoms.